The van der Waals surface area contributed by atoms with Gasteiger partial charge in [-0.25, -0.2) is 5.48 Å². The average Bonchev–Trinajstić information content (AvgIpc) is 3.22. The Morgan fingerprint density at radius 2 is 2.17 bits per heavy atom. The molecule has 0 radical (unpaired) electrons. The molecule has 0 aliphatic heterocycles. The number of carbonyl (C=O) groups excluding carboxylic acids is 1. The monoisotopic (exact) mass is 243 g/mol. The summed E-state index contributed by atoms with van der Waals surface area (Å²) < 4.78 is 0. The SMILES string of the molecule is O=C(NOCC1CC1)c1cccc2nccnc12. The molecule has 0 bridgehead atoms. The molecule has 18 heavy (non-hydrogen) atoms. The summed E-state index contributed by atoms with van der Waals surface area (Å²) in [6.07, 6.45) is 5.56. The molecular weight excluding hydrogens is 230 g/mol. The van der Waals surface area contributed by atoms with Crippen molar-refractivity contribution in [2.24, 2.45) is 5.92 Å². The summed E-state index contributed by atoms with van der Waals surface area (Å²) >= 11 is 0. The molecule has 92 valence electrons. The lowest BCUT2D eigenvalue weighted by Crippen LogP contribution is -2.25. The Bertz CT molecular complexity index is 576. The third-order valence-electron chi connectivity index (χ3n) is 2.92. The first-order valence-corrected chi connectivity index (χ1v) is 5.96. The van der Waals surface area contributed by atoms with Crippen LogP contribution in [0.15, 0.2) is 30.6 Å². The summed E-state index contributed by atoms with van der Waals surface area (Å²) in [5, 5.41) is 0. The number of fused-ring (bicyclic) bond motifs is 1. The highest BCUT2D eigenvalue weighted by atomic mass is 16.7. The fraction of sp³-hybridized carbons (Fsp3) is 0.308. The van der Waals surface area contributed by atoms with Crippen LogP contribution in [0.1, 0.15) is 23.2 Å². The quantitative estimate of drug-likeness (QED) is 0.830. The first-order valence-electron chi connectivity index (χ1n) is 5.96. The molecule has 1 fully saturated rings. The van der Waals surface area contributed by atoms with Crippen LogP contribution in [0.5, 0.6) is 0 Å². The van der Waals surface area contributed by atoms with Gasteiger partial charge >= 0.3 is 0 Å². The molecule has 1 aliphatic rings. The zero-order valence-corrected chi connectivity index (χ0v) is 9.80. The molecule has 0 atom stereocenters. The predicted molar refractivity (Wildman–Crippen MR) is 65.7 cm³/mol. The van der Waals surface area contributed by atoms with E-state index in [-0.39, 0.29) is 5.91 Å². The average molecular weight is 243 g/mol. The number of para-hydroxylation sites is 1. The highest BCUT2D eigenvalue weighted by Crippen LogP contribution is 2.28. The van der Waals surface area contributed by atoms with Gasteiger partial charge in [-0.2, -0.15) is 0 Å². The molecule has 5 nitrogen and oxygen atoms in total. The van der Waals surface area contributed by atoms with E-state index in [0.717, 1.165) is 0 Å². The molecule has 0 spiro atoms. The topological polar surface area (TPSA) is 64.1 Å². The van der Waals surface area contributed by atoms with Crippen molar-refractivity contribution in [3.8, 4) is 0 Å². The Morgan fingerprint density at radius 3 is 3.00 bits per heavy atom. The molecule has 1 saturated carbocycles. The van der Waals surface area contributed by atoms with Crippen LogP contribution >= 0.6 is 0 Å². The predicted octanol–water partition coefficient (Wildman–Crippen LogP) is 1.70. The summed E-state index contributed by atoms with van der Waals surface area (Å²) in [6.45, 7) is 0.586. The van der Waals surface area contributed by atoms with Gasteiger partial charge in [0.1, 0.15) is 5.52 Å². The number of hydrogen-bond donors (Lipinski definition) is 1. The van der Waals surface area contributed by atoms with Crippen LogP contribution in [0.2, 0.25) is 0 Å². The number of rotatable bonds is 4. The molecule has 3 rings (SSSR count). The van der Waals surface area contributed by atoms with E-state index in [1.54, 1.807) is 24.5 Å². The zero-order chi connectivity index (χ0) is 12.4. The number of aromatic nitrogens is 2. The molecule has 1 aromatic heterocycles. The Labute approximate surface area is 104 Å². The van der Waals surface area contributed by atoms with Crippen molar-refractivity contribution in [1.82, 2.24) is 15.4 Å². The standard InChI is InChI=1S/C13H13N3O2/c17-13(16-18-8-9-4-5-9)10-2-1-3-11-12(10)15-7-6-14-11/h1-3,6-7,9H,4-5,8H2,(H,16,17). The van der Waals surface area contributed by atoms with Gasteiger partial charge < -0.3 is 0 Å². The number of carbonyl (C=O) groups is 1. The van der Waals surface area contributed by atoms with Crippen molar-refractivity contribution >= 4 is 16.9 Å². The van der Waals surface area contributed by atoms with Gasteiger partial charge in [-0.3, -0.25) is 19.6 Å². The van der Waals surface area contributed by atoms with Crippen molar-refractivity contribution in [1.29, 1.82) is 0 Å². The van der Waals surface area contributed by atoms with Gasteiger partial charge in [-0.05, 0) is 30.9 Å². The van der Waals surface area contributed by atoms with Crippen LogP contribution in [-0.4, -0.2) is 22.5 Å². The Kier molecular flexibility index (Phi) is 2.90. The van der Waals surface area contributed by atoms with E-state index in [9.17, 15) is 4.79 Å². The molecule has 1 amide bonds. The van der Waals surface area contributed by atoms with Crippen LogP contribution in [-0.2, 0) is 4.84 Å². The fourth-order valence-electron chi connectivity index (χ4n) is 1.74. The summed E-state index contributed by atoms with van der Waals surface area (Å²) in [5.74, 6) is 0.333. The minimum absolute atomic E-state index is 0.276. The highest BCUT2D eigenvalue weighted by molar-refractivity contribution is 6.04. The zero-order valence-electron chi connectivity index (χ0n) is 9.80. The van der Waals surface area contributed by atoms with Crippen LogP contribution in [0.4, 0.5) is 0 Å². The molecule has 2 aromatic rings. The fourth-order valence-corrected chi connectivity index (χ4v) is 1.74. The Hall–Kier alpha value is -2.01. The van der Waals surface area contributed by atoms with Gasteiger partial charge in [-0.1, -0.05) is 6.07 Å². The second-order valence-electron chi connectivity index (χ2n) is 4.42. The lowest BCUT2D eigenvalue weighted by molar-refractivity contribution is 0.0271. The van der Waals surface area contributed by atoms with Crippen molar-refractivity contribution in [2.45, 2.75) is 12.8 Å². The van der Waals surface area contributed by atoms with Gasteiger partial charge in [0, 0.05) is 12.4 Å². The first-order chi connectivity index (χ1) is 8.84. The van der Waals surface area contributed by atoms with Crippen LogP contribution < -0.4 is 5.48 Å². The van der Waals surface area contributed by atoms with Crippen molar-refractivity contribution in [2.75, 3.05) is 6.61 Å². The second-order valence-corrected chi connectivity index (χ2v) is 4.42. The van der Waals surface area contributed by atoms with Gasteiger partial charge in [0.2, 0.25) is 0 Å². The van der Waals surface area contributed by atoms with Gasteiger partial charge in [0.25, 0.3) is 5.91 Å². The second kappa shape index (κ2) is 4.70. The molecule has 1 N–H and O–H groups in total. The molecule has 1 aromatic carbocycles. The maximum Gasteiger partial charge on any atom is 0.277 e. The van der Waals surface area contributed by atoms with Gasteiger partial charge in [0.15, 0.2) is 0 Å². The minimum Gasteiger partial charge on any atom is -0.273 e. The Morgan fingerprint density at radius 1 is 1.33 bits per heavy atom. The molecule has 1 heterocycles. The number of nitrogens with one attached hydrogen (secondary N) is 1. The summed E-state index contributed by atoms with van der Waals surface area (Å²) in [6, 6.07) is 5.32. The van der Waals surface area contributed by atoms with E-state index < -0.39 is 0 Å². The van der Waals surface area contributed by atoms with E-state index in [2.05, 4.69) is 15.4 Å². The number of hydroxylamine groups is 1. The van der Waals surface area contributed by atoms with E-state index >= 15 is 0 Å². The summed E-state index contributed by atoms with van der Waals surface area (Å²) in [7, 11) is 0. The molecule has 0 unspecified atom stereocenters. The molecular formula is C13H13N3O2. The van der Waals surface area contributed by atoms with E-state index in [4.69, 9.17) is 4.84 Å². The number of nitrogens with zero attached hydrogens (tertiary/aromatic N) is 2. The van der Waals surface area contributed by atoms with Gasteiger partial charge in [0.05, 0.1) is 17.7 Å². The van der Waals surface area contributed by atoms with Crippen molar-refractivity contribution in [3.05, 3.63) is 36.2 Å². The van der Waals surface area contributed by atoms with E-state index in [1.165, 1.54) is 12.8 Å². The lowest BCUT2D eigenvalue weighted by atomic mass is 10.1. The van der Waals surface area contributed by atoms with Crippen molar-refractivity contribution < 1.29 is 9.63 Å². The number of hydrogen-bond acceptors (Lipinski definition) is 4. The Balaban J connectivity index is 1.77. The molecule has 1 aliphatic carbocycles. The molecule has 5 heteroatoms. The largest absolute Gasteiger partial charge is 0.277 e. The number of amides is 1. The minimum atomic E-state index is -0.276. The smallest absolute Gasteiger partial charge is 0.273 e. The number of benzene rings is 1. The van der Waals surface area contributed by atoms with Crippen molar-refractivity contribution in [3.63, 3.8) is 0 Å². The highest BCUT2D eigenvalue weighted by Gasteiger charge is 2.22. The lowest BCUT2D eigenvalue weighted by Gasteiger charge is -2.06. The maximum atomic E-state index is 12.0. The third-order valence-corrected chi connectivity index (χ3v) is 2.92. The normalized spacial score (nSPS) is 14.7. The maximum absolute atomic E-state index is 12.0. The van der Waals surface area contributed by atoms with Crippen LogP contribution in [0.3, 0.4) is 0 Å². The third kappa shape index (κ3) is 2.31. The van der Waals surface area contributed by atoms with Crippen LogP contribution in [0, 0.1) is 5.92 Å². The van der Waals surface area contributed by atoms with E-state index in [1.807, 2.05) is 6.07 Å². The van der Waals surface area contributed by atoms with Gasteiger partial charge in [-0.15, -0.1) is 0 Å². The van der Waals surface area contributed by atoms with Crippen LogP contribution in [0.25, 0.3) is 11.0 Å². The molecule has 0 saturated heterocycles. The first kappa shape index (κ1) is 11.1. The summed E-state index contributed by atoms with van der Waals surface area (Å²) in [4.78, 5) is 25.5. The summed E-state index contributed by atoms with van der Waals surface area (Å²) in [5.41, 5.74) is 4.23. The van der Waals surface area contributed by atoms with E-state index in [0.29, 0.717) is 29.1 Å².